The third kappa shape index (κ3) is 2.27. The molecule has 0 radical (unpaired) electrons. The summed E-state index contributed by atoms with van der Waals surface area (Å²) in [4.78, 5) is 1.68. The molecule has 2 nitrogen and oxygen atoms in total. The minimum absolute atomic E-state index is 0.199. The van der Waals surface area contributed by atoms with Gasteiger partial charge in [0.25, 0.3) is 0 Å². The molecule has 1 N–H and O–H groups in total. The molecule has 0 amide bonds. The van der Waals surface area contributed by atoms with E-state index in [0.29, 0.717) is 5.56 Å². The van der Waals surface area contributed by atoms with Crippen LogP contribution in [-0.4, -0.2) is 30.7 Å². The van der Waals surface area contributed by atoms with Crippen molar-refractivity contribution in [1.82, 2.24) is 4.90 Å². The lowest BCUT2D eigenvalue weighted by atomic mass is 10.1. The van der Waals surface area contributed by atoms with Gasteiger partial charge in [-0.3, -0.25) is 0 Å². The van der Waals surface area contributed by atoms with Gasteiger partial charge in [-0.25, -0.2) is 8.78 Å². The molecule has 78 valence electrons. The summed E-state index contributed by atoms with van der Waals surface area (Å²) >= 11 is 0. The Balaban J connectivity index is 3.04. The molecule has 1 aromatic rings. The lowest BCUT2D eigenvalue weighted by Gasteiger charge is -2.22. The van der Waals surface area contributed by atoms with E-state index in [1.54, 1.807) is 19.0 Å². The van der Waals surface area contributed by atoms with Crippen LogP contribution in [-0.2, 0) is 0 Å². The summed E-state index contributed by atoms with van der Waals surface area (Å²) in [5, 5.41) is 9.04. The highest BCUT2D eigenvalue weighted by molar-refractivity contribution is 5.22. The molecule has 0 saturated heterocycles. The minimum atomic E-state index is -0.627. The smallest absolute Gasteiger partial charge is 0.130 e. The number of aliphatic hydroxyl groups excluding tert-OH is 1. The molecule has 0 spiro atoms. The van der Waals surface area contributed by atoms with Gasteiger partial charge in [-0.15, -0.1) is 0 Å². The van der Waals surface area contributed by atoms with E-state index >= 15 is 0 Å². The van der Waals surface area contributed by atoms with E-state index in [1.807, 2.05) is 0 Å². The maximum absolute atomic E-state index is 13.3. The van der Waals surface area contributed by atoms with Crippen molar-refractivity contribution in [3.05, 3.63) is 35.4 Å². The fourth-order valence-corrected chi connectivity index (χ4v) is 1.31. The largest absolute Gasteiger partial charge is 0.394 e. The molecule has 1 atom stereocenters. The molecule has 1 aromatic carbocycles. The highest BCUT2D eigenvalue weighted by Crippen LogP contribution is 2.21. The second-order valence-electron chi connectivity index (χ2n) is 3.33. The Kier molecular flexibility index (Phi) is 3.55. The van der Waals surface area contributed by atoms with Crippen LogP contribution in [0.5, 0.6) is 0 Å². The lowest BCUT2D eigenvalue weighted by Crippen LogP contribution is -2.24. The van der Waals surface area contributed by atoms with Gasteiger partial charge in [0, 0.05) is 11.6 Å². The average Bonchev–Trinajstić information content (AvgIpc) is 2.09. The summed E-state index contributed by atoms with van der Waals surface area (Å²) < 4.78 is 25.9. The molecule has 0 aromatic heterocycles. The Bertz CT molecular complexity index is 315. The predicted octanol–water partition coefficient (Wildman–Crippen LogP) is 1.56. The van der Waals surface area contributed by atoms with Gasteiger partial charge in [-0.05, 0) is 20.2 Å². The second kappa shape index (κ2) is 4.48. The number of nitrogens with zero attached hydrogens (tertiary/aromatic N) is 1. The number of halogens is 2. The van der Waals surface area contributed by atoms with Gasteiger partial charge >= 0.3 is 0 Å². The average molecular weight is 201 g/mol. The van der Waals surface area contributed by atoms with Gasteiger partial charge in [-0.1, -0.05) is 6.07 Å². The maximum Gasteiger partial charge on any atom is 0.130 e. The maximum atomic E-state index is 13.3. The Morgan fingerprint density at radius 3 is 2.43 bits per heavy atom. The first-order valence-electron chi connectivity index (χ1n) is 4.28. The van der Waals surface area contributed by atoms with Crippen molar-refractivity contribution >= 4 is 0 Å². The first-order valence-corrected chi connectivity index (χ1v) is 4.28. The van der Waals surface area contributed by atoms with Gasteiger partial charge < -0.3 is 10.0 Å². The molecule has 0 aliphatic carbocycles. The molecule has 0 bridgehead atoms. The van der Waals surface area contributed by atoms with Crippen molar-refractivity contribution in [3.63, 3.8) is 0 Å². The molecule has 14 heavy (non-hydrogen) atoms. The van der Waals surface area contributed by atoms with Crippen LogP contribution < -0.4 is 0 Å². The minimum Gasteiger partial charge on any atom is -0.394 e. The van der Waals surface area contributed by atoms with Crippen LogP contribution >= 0.6 is 0 Å². The number of rotatable bonds is 3. The Morgan fingerprint density at radius 2 is 2.00 bits per heavy atom. The van der Waals surface area contributed by atoms with E-state index in [-0.39, 0.29) is 6.61 Å². The number of aliphatic hydroxyl groups is 1. The van der Waals surface area contributed by atoms with Gasteiger partial charge in [0.1, 0.15) is 11.6 Å². The molecule has 0 aliphatic heterocycles. The molecule has 0 unspecified atom stereocenters. The quantitative estimate of drug-likeness (QED) is 0.802. The van der Waals surface area contributed by atoms with E-state index in [4.69, 9.17) is 5.11 Å². The van der Waals surface area contributed by atoms with Crippen molar-refractivity contribution in [2.75, 3.05) is 20.7 Å². The van der Waals surface area contributed by atoms with E-state index < -0.39 is 17.7 Å². The van der Waals surface area contributed by atoms with Crippen LogP contribution in [0.3, 0.4) is 0 Å². The molecule has 0 aliphatic rings. The van der Waals surface area contributed by atoms with Crippen molar-refractivity contribution in [3.8, 4) is 0 Å². The van der Waals surface area contributed by atoms with Gasteiger partial charge in [-0.2, -0.15) is 0 Å². The Labute approximate surface area is 81.8 Å². The van der Waals surface area contributed by atoms with Gasteiger partial charge in [0.05, 0.1) is 12.6 Å². The molecule has 1 rings (SSSR count). The van der Waals surface area contributed by atoms with Crippen LogP contribution in [0.4, 0.5) is 8.78 Å². The highest BCUT2D eigenvalue weighted by Gasteiger charge is 2.17. The summed E-state index contributed by atoms with van der Waals surface area (Å²) in [7, 11) is 3.45. The summed E-state index contributed by atoms with van der Waals surface area (Å²) in [6.07, 6.45) is 0. The molecular weight excluding hydrogens is 188 g/mol. The normalized spacial score (nSPS) is 13.3. The van der Waals surface area contributed by atoms with Gasteiger partial charge in [0.15, 0.2) is 0 Å². The molecule has 0 saturated carbocycles. The Hall–Kier alpha value is -1.00. The zero-order valence-electron chi connectivity index (χ0n) is 8.17. The zero-order valence-corrected chi connectivity index (χ0v) is 8.17. The summed E-state index contributed by atoms with van der Waals surface area (Å²) in [6.45, 7) is -0.199. The third-order valence-electron chi connectivity index (χ3n) is 2.12. The molecular formula is C10H13F2NO. The third-order valence-corrected chi connectivity index (χ3v) is 2.12. The monoisotopic (exact) mass is 201 g/mol. The number of hydrogen-bond donors (Lipinski definition) is 1. The zero-order chi connectivity index (χ0) is 10.7. The van der Waals surface area contributed by atoms with E-state index in [2.05, 4.69) is 0 Å². The van der Waals surface area contributed by atoms with E-state index in [0.717, 1.165) is 6.07 Å². The van der Waals surface area contributed by atoms with Crippen molar-refractivity contribution < 1.29 is 13.9 Å². The fourth-order valence-electron chi connectivity index (χ4n) is 1.31. The second-order valence-corrected chi connectivity index (χ2v) is 3.33. The first-order chi connectivity index (χ1) is 6.56. The van der Waals surface area contributed by atoms with Crippen LogP contribution in [0.2, 0.25) is 0 Å². The van der Waals surface area contributed by atoms with E-state index in [1.165, 1.54) is 12.1 Å². The number of benzene rings is 1. The van der Waals surface area contributed by atoms with Crippen molar-refractivity contribution in [2.45, 2.75) is 6.04 Å². The topological polar surface area (TPSA) is 23.5 Å². The summed E-state index contributed by atoms with van der Waals surface area (Å²) in [6, 6.07) is 2.92. The molecule has 4 heteroatoms. The van der Waals surface area contributed by atoms with Crippen LogP contribution in [0.1, 0.15) is 11.6 Å². The fraction of sp³-hybridized carbons (Fsp3) is 0.400. The van der Waals surface area contributed by atoms with E-state index in [9.17, 15) is 8.78 Å². The van der Waals surface area contributed by atoms with Crippen molar-refractivity contribution in [1.29, 1.82) is 0 Å². The predicted molar refractivity (Wildman–Crippen MR) is 49.9 cm³/mol. The van der Waals surface area contributed by atoms with Crippen LogP contribution in [0.15, 0.2) is 18.2 Å². The van der Waals surface area contributed by atoms with Crippen molar-refractivity contribution in [2.24, 2.45) is 0 Å². The SMILES string of the molecule is CN(C)[C@H](CO)c1ccc(F)cc1F. The highest BCUT2D eigenvalue weighted by atomic mass is 19.1. The standard InChI is InChI=1S/C10H13F2NO/c1-13(2)10(6-14)8-4-3-7(11)5-9(8)12/h3-5,10,14H,6H2,1-2H3/t10-/m1/s1. The summed E-state index contributed by atoms with van der Waals surface area (Å²) in [5.74, 6) is -1.24. The van der Waals surface area contributed by atoms with Gasteiger partial charge in [0.2, 0.25) is 0 Å². The number of hydrogen-bond acceptors (Lipinski definition) is 2. The summed E-state index contributed by atoms with van der Waals surface area (Å²) in [5.41, 5.74) is 0.305. The first kappa shape index (κ1) is 11.1. The molecule has 0 fully saturated rings. The van der Waals surface area contributed by atoms with Crippen LogP contribution in [0.25, 0.3) is 0 Å². The Morgan fingerprint density at radius 1 is 1.36 bits per heavy atom. The van der Waals surface area contributed by atoms with Crippen LogP contribution in [0, 0.1) is 11.6 Å². The number of likely N-dealkylation sites (N-methyl/N-ethyl adjacent to an activating group) is 1. The molecule has 0 heterocycles. The lowest BCUT2D eigenvalue weighted by molar-refractivity contribution is 0.167.